The zero-order valence-electron chi connectivity index (χ0n) is 13.2. The lowest BCUT2D eigenvalue weighted by molar-refractivity contribution is -0.384. The molecule has 0 bridgehead atoms. The Morgan fingerprint density at radius 2 is 1.88 bits per heavy atom. The predicted molar refractivity (Wildman–Crippen MR) is 87.3 cm³/mol. The van der Waals surface area contributed by atoms with E-state index in [4.69, 9.17) is 0 Å². The molecule has 0 atom stereocenters. The minimum absolute atomic E-state index is 0.0466. The van der Waals surface area contributed by atoms with Gasteiger partial charge in [-0.15, -0.1) is 0 Å². The average Bonchev–Trinajstić information content (AvgIpc) is 2.55. The first kappa shape index (κ1) is 17.4. The van der Waals surface area contributed by atoms with E-state index in [2.05, 4.69) is 15.3 Å². The molecule has 0 aliphatic carbocycles. The molecule has 2 N–H and O–H groups in total. The highest BCUT2D eigenvalue weighted by molar-refractivity contribution is 5.92. The SMILES string of the molecule is Cc1ccc2nc(C(F)(F)F)nc(Nc3cc([N+](=O)[O-])ccc3O)c2c1. The molecule has 0 aliphatic heterocycles. The number of nitrogens with zero attached hydrogens (tertiary/aromatic N) is 3. The largest absolute Gasteiger partial charge is 0.506 e. The second kappa shape index (κ2) is 6.14. The fraction of sp³-hybridized carbons (Fsp3) is 0.125. The minimum Gasteiger partial charge on any atom is -0.506 e. The number of aromatic nitrogens is 2. The Balaban J connectivity index is 2.19. The van der Waals surface area contributed by atoms with Gasteiger partial charge in [-0.3, -0.25) is 10.1 Å². The summed E-state index contributed by atoms with van der Waals surface area (Å²) in [6.45, 7) is 1.74. The van der Waals surface area contributed by atoms with Gasteiger partial charge in [-0.25, -0.2) is 9.97 Å². The van der Waals surface area contributed by atoms with Gasteiger partial charge in [0, 0.05) is 17.5 Å². The third-order valence-electron chi connectivity index (χ3n) is 3.55. The van der Waals surface area contributed by atoms with E-state index in [-0.39, 0.29) is 33.8 Å². The minimum atomic E-state index is -4.78. The highest BCUT2D eigenvalue weighted by Crippen LogP contribution is 2.35. The Morgan fingerprint density at radius 3 is 2.54 bits per heavy atom. The van der Waals surface area contributed by atoms with Crippen LogP contribution in [0.25, 0.3) is 10.9 Å². The van der Waals surface area contributed by atoms with Crippen molar-refractivity contribution in [1.82, 2.24) is 9.97 Å². The summed E-state index contributed by atoms with van der Waals surface area (Å²) in [5.74, 6) is -1.95. The molecule has 26 heavy (non-hydrogen) atoms. The lowest BCUT2D eigenvalue weighted by Crippen LogP contribution is -2.12. The number of nitro groups is 1. The standard InChI is InChI=1S/C16H11F3N4O3/c1-8-2-4-11-10(6-8)14(22-15(21-11)16(17,18)19)20-12-7-9(23(25)26)3-5-13(12)24/h2-7,24H,1H3,(H,20,21,22). The van der Waals surface area contributed by atoms with Crippen molar-refractivity contribution in [3.63, 3.8) is 0 Å². The molecule has 0 saturated carbocycles. The van der Waals surface area contributed by atoms with Crippen LogP contribution in [-0.2, 0) is 6.18 Å². The summed E-state index contributed by atoms with van der Waals surface area (Å²) in [6, 6.07) is 7.74. The number of halogens is 3. The van der Waals surface area contributed by atoms with Gasteiger partial charge in [-0.1, -0.05) is 11.6 Å². The molecule has 1 aromatic heterocycles. The first-order chi connectivity index (χ1) is 12.1. The van der Waals surface area contributed by atoms with E-state index in [1.165, 1.54) is 6.07 Å². The van der Waals surface area contributed by atoms with E-state index in [1.807, 2.05) is 0 Å². The molecular formula is C16H11F3N4O3. The summed E-state index contributed by atoms with van der Waals surface area (Å²) in [6.07, 6.45) is -4.78. The van der Waals surface area contributed by atoms with Crippen LogP contribution in [0, 0.1) is 17.0 Å². The number of benzene rings is 2. The zero-order chi connectivity index (χ0) is 19.1. The monoisotopic (exact) mass is 364 g/mol. The number of non-ortho nitro benzene ring substituents is 1. The number of hydrogen-bond acceptors (Lipinski definition) is 6. The number of fused-ring (bicyclic) bond motifs is 1. The second-order valence-corrected chi connectivity index (χ2v) is 5.50. The van der Waals surface area contributed by atoms with Crippen LogP contribution >= 0.6 is 0 Å². The highest BCUT2D eigenvalue weighted by Gasteiger charge is 2.35. The fourth-order valence-corrected chi connectivity index (χ4v) is 2.33. The smallest absolute Gasteiger partial charge is 0.451 e. The van der Waals surface area contributed by atoms with Crippen LogP contribution in [-0.4, -0.2) is 20.0 Å². The molecule has 7 nitrogen and oxygen atoms in total. The third kappa shape index (κ3) is 3.34. The van der Waals surface area contributed by atoms with Crippen LogP contribution in [0.15, 0.2) is 36.4 Å². The summed E-state index contributed by atoms with van der Waals surface area (Å²) in [7, 11) is 0. The van der Waals surface area contributed by atoms with Gasteiger partial charge in [-0.2, -0.15) is 13.2 Å². The summed E-state index contributed by atoms with van der Waals surface area (Å²) >= 11 is 0. The van der Waals surface area contributed by atoms with Gasteiger partial charge in [0.25, 0.3) is 5.69 Å². The first-order valence-corrected chi connectivity index (χ1v) is 7.25. The molecule has 0 aliphatic rings. The van der Waals surface area contributed by atoms with Crippen molar-refractivity contribution in [2.45, 2.75) is 13.1 Å². The van der Waals surface area contributed by atoms with E-state index in [0.29, 0.717) is 0 Å². The molecule has 0 saturated heterocycles. The normalized spacial score (nSPS) is 11.5. The van der Waals surface area contributed by atoms with Crippen molar-refractivity contribution in [1.29, 1.82) is 0 Å². The van der Waals surface area contributed by atoms with Gasteiger partial charge < -0.3 is 10.4 Å². The molecular weight excluding hydrogens is 353 g/mol. The van der Waals surface area contributed by atoms with E-state index >= 15 is 0 Å². The maximum atomic E-state index is 13.1. The van der Waals surface area contributed by atoms with Crippen molar-refractivity contribution >= 4 is 28.1 Å². The molecule has 3 aromatic rings. The maximum Gasteiger partial charge on any atom is 0.451 e. The molecule has 0 unspecified atom stereocenters. The fourth-order valence-electron chi connectivity index (χ4n) is 2.33. The molecule has 0 fully saturated rings. The molecule has 0 amide bonds. The predicted octanol–water partition coefficient (Wildman–Crippen LogP) is 4.31. The second-order valence-electron chi connectivity index (χ2n) is 5.50. The van der Waals surface area contributed by atoms with E-state index in [0.717, 1.165) is 23.8 Å². The van der Waals surface area contributed by atoms with Crippen LogP contribution in [0.1, 0.15) is 11.4 Å². The number of phenols is 1. The van der Waals surface area contributed by atoms with Crippen molar-refractivity contribution in [2.75, 3.05) is 5.32 Å². The van der Waals surface area contributed by atoms with Crippen LogP contribution in [0.2, 0.25) is 0 Å². The Hall–Kier alpha value is -3.43. The number of anilines is 2. The molecule has 0 spiro atoms. The van der Waals surface area contributed by atoms with Gasteiger partial charge in [-0.05, 0) is 25.1 Å². The summed E-state index contributed by atoms with van der Waals surface area (Å²) in [4.78, 5) is 17.2. The number of alkyl halides is 3. The van der Waals surface area contributed by atoms with Crippen molar-refractivity contribution in [2.24, 2.45) is 0 Å². The summed E-state index contributed by atoms with van der Waals surface area (Å²) in [5.41, 5.74) is 0.322. The number of nitrogens with one attached hydrogen (secondary N) is 1. The Labute approximate surface area is 144 Å². The third-order valence-corrected chi connectivity index (χ3v) is 3.55. The molecule has 3 rings (SSSR count). The first-order valence-electron chi connectivity index (χ1n) is 7.25. The number of phenolic OH excluding ortho intramolecular Hbond substituents is 1. The molecule has 10 heteroatoms. The average molecular weight is 364 g/mol. The highest BCUT2D eigenvalue weighted by atomic mass is 19.4. The Bertz CT molecular complexity index is 1020. The van der Waals surface area contributed by atoms with Gasteiger partial charge in [0.15, 0.2) is 0 Å². The summed E-state index contributed by atoms with van der Waals surface area (Å²) < 4.78 is 39.2. The number of rotatable bonds is 3. The molecule has 2 aromatic carbocycles. The molecule has 1 heterocycles. The van der Waals surface area contributed by atoms with E-state index in [9.17, 15) is 28.4 Å². The number of nitro benzene ring substituents is 1. The van der Waals surface area contributed by atoms with Gasteiger partial charge in [0.2, 0.25) is 5.82 Å². The van der Waals surface area contributed by atoms with Crippen molar-refractivity contribution in [3.8, 4) is 5.75 Å². The van der Waals surface area contributed by atoms with Crippen LogP contribution < -0.4 is 5.32 Å². The molecule has 0 radical (unpaired) electrons. The van der Waals surface area contributed by atoms with Gasteiger partial charge in [0.1, 0.15) is 11.6 Å². The van der Waals surface area contributed by atoms with Crippen molar-refractivity contribution in [3.05, 3.63) is 57.9 Å². The lowest BCUT2D eigenvalue weighted by atomic mass is 10.1. The Morgan fingerprint density at radius 1 is 1.15 bits per heavy atom. The maximum absolute atomic E-state index is 13.1. The van der Waals surface area contributed by atoms with Crippen LogP contribution in [0.5, 0.6) is 5.75 Å². The number of aryl methyl sites for hydroxylation is 1. The van der Waals surface area contributed by atoms with E-state index in [1.54, 1.807) is 19.1 Å². The number of hydrogen-bond donors (Lipinski definition) is 2. The van der Waals surface area contributed by atoms with Gasteiger partial charge >= 0.3 is 6.18 Å². The lowest BCUT2D eigenvalue weighted by Gasteiger charge is -2.13. The molecule has 134 valence electrons. The van der Waals surface area contributed by atoms with Gasteiger partial charge in [0.05, 0.1) is 16.1 Å². The quantitative estimate of drug-likeness (QED) is 0.408. The van der Waals surface area contributed by atoms with Crippen LogP contribution in [0.3, 0.4) is 0 Å². The Kier molecular flexibility index (Phi) is 4.10. The number of aromatic hydroxyl groups is 1. The van der Waals surface area contributed by atoms with Crippen LogP contribution in [0.4, 0.5) is 30.4 Å². The summed E-state index contributed by atoms with van der Waals surface area (Å²) in [5, 5.41) is 23.6. The topological polar surface area (TPSA) is 101 Å². The zero-order valence-corrected chi connectivity index (χ0v) is 13.2. The van der Waals surface area contributed by atoms with E-state index < -0.39 is 16.9 Å². The van der Waals surface area contributed by atoms with Crippen molar-refractivity contribution < 1.29 is 23.2 Å².